The molecule has 1 aromatic carbocycles. The van der Waals surface area contributed by atoms with E-state index in [0.717, 1.165) is 6.42 Å². The van der Waals surface area contributed by atoms with Crippen LogP contribution in [0.25, 0.3) is 0 Å². The van der Waals surface area contributed by atoms with E-state index < -0.39 is 0 Å². The average molecular weight is 281 g/mol. The third-order valence-electron chi connectivity index (χ3n) is 2.47. The molecule has 0 aliphatic heterocycles. The van der Waals surface area contributed by atoms with Crippen molar-refractivity contribution in [3.8, 4) is 0 Å². The third-order valence-corrected chi connectivity index (χ3v) is 3.74. The van der Waals surface area contributed by atoms with E-state index in [0.29, 0.717) is 22.8 Å². The number of carbonyl (C=O) groups is 1. The molecule has 1 aromatic heterocycles. The first-order chi connectivity index (χ1) is 8.66. The summed E-state index contributed by atoms with van der Waals surface area (Å²) in [6, 6.07) is 8.93. The van der Waals surface area contributed by atoms with Crippen molar-refractivity contribution in [2.45, 2.75) is 6.42 Å². The van der Waals surface area contributed by atoms with E-state index in [2.05, 4.69) is 5.32 Å². The van der Waals surface area contributed by atoms with Gasteiger partial charge in [-0.1, -0.05) is 17.7 Å². The molecule has 2 rings (SSSR count). The van der Waals surface area contributed by atoms with Crippen LogP contribution >= 0.6 is 22.9 Å². The van der Waals surface area contributed by atoms with Crippen molar-refractivity contribution in [3.05, 3.63) is 51.2 Å². The standard InChI is InChI=1S/C13H13ClN2OS/c14-12-4-3-9(15)8-11(12)13(17)16-6-5-10-2-1-7-18-10/h1-4,7-8H,5-6,15H2,(H,16,17). The number of nitrogen functional groups attached to an aromatic ring is 1. The van der Waals surface area contributed by atoms with Crippen molar-refractivity contribution < 1.29 is 4.79 Å². The van der Waals surface area contributed by atoms with Gasteiger partial charge in [-0.3, -0.25) is 4.79 Å². The number of hydrogen-bond acceptors (Lipinski definition) is 3. The fraction of sp³-hybridized carbons (Fsp3) is 0.154. The minimum absolute atomic E-state index is 0.191. The Balaban J connectivity index is 1.93. The number of carbonyl (C=O) groups excluding carboxylic acids is 1. The molecule has 0 radical (unpaired) electrons. The zero-order valence-electron chi connectivity index (χ0n) is 9.65. The molecule has 0 bridgehead atoms. The summed E-state index contributed by atoms with van der Waals surface area (Å²) in [7, 11) is 0. The summed E-state index contributed by atoms with van der Waals surface area (Å²) >= 11 is 7.63. The molecule has 3 N–H and O–H groups in total. The van der Waals surface area contributed by atoms with Gasteiger partial charge in [-0.05, 0) is 36.1 Å². The Kier molecular flexibility index (Phi) is 4.23. The number of thiophene rings is 1. The fourth-order valence-corrected chi connectivity index (χ4v) is 2.48. The van der Waals surface area contributed by atoms with Crippen LogP contribution in [0.3, 0.4) is 0 Å². The Morgan fingerprint density at radius 2 is 2.22 bits per heavy atom. The predicted molar refractivity (Wildman–Crippen MR) is 76.2 cm³/mol. The normalized spacial score (nSPS) is 10.3. The van der Waals surface area contributed by atoms with Crippen molar-refractivity contribution in [1.29, 1.82) is 0 Å². The molecule has 0 atom stereocenters. The van der Waals surface area contributed by atoms with Crippen LogP contribution in [0.1, 0.15) is 15.2 Å². The Bertz CT molecular complexity index is 540. The van der Waals surface area contributed by atoms with E-state index in [1.165, 1.54) is 4.88 Å². The summed E-state index contributed by atoms with van der Waals surface area (Å²) in [5, 5.41) is 5.27. The second kappa shape index (κ2) is 5.89. The first-order valence-corrected chi connectivity index (χ1v) is 6.78. The zero-order valence-corrected chi connectivity index (χ0v) is 11.2. The molecule has 0 spiro atoms. The molecule has 5 heteroatoms. The molecule has 1 amide bonds. The summed E-state index contributed by atoms with van der Waals surface area (Å²) in [6.45, 7) is 0.588. The van der Waals surface area contributed by atoms with Gasteiger partial charge in [0.25, 0.3) is 5.91 Å². The minimum atomic E-state index is -0.191. The van der Waals surface area contributed by atoms with Gasteiger partial charge in [0.2, 0.25) is 0 Å². The Hall–Kier alpha value is -1.52. The maximum atomic E-state index is 11.9. The molecular formula is C13H13ClN2OS. The minimum Gasteiger partial charge on any atom is -0.399 e. The Morgan fingerprint density at radius 1 is 1.39 bits per heavy atom. The van der Waals surface area contributed by atoms with Crippen molar-refractivity contribution in [2.75, 3.05) is 12.3 Å². The number of hydrogen-bond donors (Lipinski definition) is 2. The lowest BCUT2D eigenvalue weighted by molar-refractivity contribution is 0.0954. The molecule has 3 nitrogen and oxygen atoms in total. The van der Waals surface area contributed by atoms with Crippen LogP contribution in [0, 0.1) is 0 Å². The van der Waals surface area contributed by atoms with Crippen LogP contribution < -0.4 is 11.1 Å². The molecule has 0 saturated carbocycles. The lowest BCUT2D eigenvalue weighted by Crippen LogP contribution is -2.25. The van der Waals surface area contributed by atoms with Gasteiger partial charge in [-0.15, -0.1) is 11.3 Å². The SMILES string of the molecule is Nc1ccc(Cl)c(C(=O)NCCc2cccs2)c1. The number of amides is 1. The van der Waals surface area contributed by atoms with Gasteiger partial charge >= 0.3 is 0 Å². The topological polar surface area (TPSA) is 55.1 Å². The van der Waals surface area contributed by atoms with Crippen LogP contribution in [0.15, 0.2) is 35.7 Å². The summed E-state index contributed by atoms with van der Waals surface area (Å²) < 4.78 is 0. The monoisotopic (exact) mass is 280 g/mol. The number of rotatable bonds is 4. The van der Waals surface area contributed by atoms with Crippen LogP contribution in [-0.4, -0.2) is 12.5 Å². The Morgan fingerprint density at radius 3 is 2.94 bits per heavy atom. The smallest absolute Gasteiger partial charge is 0.252 e. The van der Waals surface area contributed by atoms with E-state index in [1.54, 1.807) is 29.5 Å². The Labute approximate surface area is 115 Å². The van der Waals surface area contributed by atoms with E-state index in [-0.39, 0.29) is 5.91 Å². The highest BCUT2D eigenvalue weighted by Crippen LogP contribution is 2.18. The van der Waals surface area contributed by atoms with E-state index in [9.17, 15) is 4.79 Å². The maximum Gasteiger partial charge on any atom is 0.252 e. The third kappa shape index (κ3) is 3.24. The molecule has 0 unspecified atom stereocenters. The van der Waals surface area contributed by atoms with E-state index in [1.807, 2.05) is 17.5 Å². The number of nitrogens with one attached hydrogen (secondary N) is 1. The first kappa shape index (κ1) is 12.9. The van der Waals surface area contributed by atoms with Gasteiger partial charge in [0, 0.05) is 17.1 Å². The summed E-state index contributed by atoms with van der Waals surface area (Å²) in [6.07, 6.45) is 0.823. The molecule has 18 heavy (non-hydrogen) atoms. The lowest BCUT2D eigenvalue weighted by atomic mass is 10.2. The van der Waals surface area contributed by atoms with Crippen molar-refractivity contribution in [1.82, 2.24) is 5.32 Å². The summed E-state index contributed by atoms with van der Waals surface area (Å²) in [5.41, 5.74) is 6.58. The van der Waals surface area contributed by atoms with Gasteiger partial charge in [0.05, 0.1) is 10.6 Å². The van der Waals surface area contributed by atoms with Crippen molar-refractivity contribution >= 4 is 34.5 Å². The molecule has 0 fully saturated rings. The molecule has 94 valence electrons. The van der Waals surface area contributed by atoms with Crippen LogP contribution in [-0.2, 0) is 6.42 Å². The number of anilines is 1. The quantitative estimate of drug-likeness (QED) is 0.846. The molecule has 2 aromatic rings. The predicted octanol–water partition coefficient (Wildman–Crippen LogP) is 2.96. The second-order valence-electron chi connectivity index (χ2n) is 3.82. The van der Waals surface area contributed by atoms with Gasteiger partial charge < -0.3 is 11.1 Å². The van der Waals surface area contributed by atoms with Gasteiger partial charge in [-0.25, -0.2) is 0 Å². The highest BCUT2D eigenvalue weighted by atomic mass is 35.5. The molecule has 1 heterocycles. The fourth-order valence-electron chi connectivity index (χ4n) is 1.57. The van der Waals surface area contributed by atoms with Crippen molar-refractivity contribution in [3.63, 3.8) is 0 Å². The van der Waals surface area contributed by atoms with E-state index in [4.69, 9.17) is 17.3 Å². The average Bonchev–Trinajstić information content (AvgIpc) is 2.85. The highest BCUT2D eigenvalue weighted by Gasteiger charge is 2.10. The van der Waals surface area contributed by atoms with Gasteiger partial charge in [0.15, 0.2) is 0 Å². The molecule has 0 saturated heterocycles. The van der Waals surface area contributed by atoms with Crippen LogP contribution in [0.4, 0.5) is 5.69 Å². The second-order valence-corrected chi connectivity index (χ2v) is 5.26. The molecule has 0 aliphatic carbocycles. The molecule has 0 aliphatic rings. The first-order valence-electron chi connectivity index (χ1n) is 5.52. The number of nitrogens with two attached hydrogens (primary N) is 1. The van der Waals surface area contributed by atoms with Gasteiger partial charge in [0.1, 0.15) is 0 Å². The largest absolute Gasteiger partial charge is 0.399 e. The summed E-state index contributed by atoms with van der Waals surface area (Å²) in [4.78, 5) is 13.1. The van der Waals surface area contributed by atoms with Gasteiger partial charge in [-0.2, -0.15) is 0 Å². The van der Waals surface area contributed by atoms with Crippen molar-refractivity contribution in [2.24, 2.45) is 0 Å². The number of halogens is 1. The lowest BCUT2D eigenvalue weighted by Gasteiger charge is -2.06. The maximum absolute atomic E-state index is 11.9. The zero-order chi connectivity index (χ0) is 13.0. The van der Waals surface area contributed by atoms with E-state index >= 15 is 0 Å². The molecular weight excluding hydrogens is 268 g/mol. The number of benzene rings is 1. The van der Waals surface area contributed by atoms with Crippen LogP contribution in [0.5, 0.6) is 0 Å². The highest BCUT2D eigenvalue weighted by molar-refractivity contribution is 7.09. The summed E-state index contributed by atoms with van der Waals surface area (Å²) in [5.74, 6) is -0.191. The van der Waals surface area contributed by atoms with Crippen LogP contribution in [0.2, 0.25) is 5.02 Å².